The molecule has 0 aliphatic carbocycles. The number of rotatable bonds is 3. The minimum absolute atomic E-state index is 0.123. The number of carbonyl (C=O) groups is 1. The topological polar surface area (TPSA) is 116 Å². The summed E-state index contributed by atoms with van der Waals surface area (Å²) in [6, 6.07) is 2.53. The predicted molar refractivity (Wildman–Crippen MR) is 72.5 cm³/mol. The Hall–Kier alpha value is -1.55. The molecule has 8 nitrogen and oxygen atoms in total. The van der Waals surface area contributed by atoms with Gasteiger partial charge in [-0.2, -0.15) is 10.5 Å². The molecule has 1 aliphatic rings. The van der Waals surface area contributed by atoms with Crippen LogP contribution in [0.4, 0.5) is 11.4 Å². The smallest absolute Gasteiger partial charge is 0.254 e. The number of hydrogen-bond acceptors (Lipinski definition) is 5. The normalized spacial score (nSPS) is 18.4. The highest BCUT2D eigenvalue weighted by Crippen LogP contribution is 2.22. The number of amides is 1. The van der Waals surface area contributed by atoms with Crippen molar-refractivity contribution in [3.63, 3.8) is 0 Å². The van der Waals surface area contributed by atoms with Gasteiger partial charge in [0.25, 0.3) is 5.91 Å². The quantitative estimate of drug-likeness (QED) is 0.558. The first-order valence-electron chi connectivity index (χ1n) is 6.82. The van der Waals surface area contributed by atoms with Gasteiger partial charge < -0.3 is 15.3 Å². The molecule has 0 saturated carbocycles. The second-order valence-electron chi connectivity index (χ2n) is 5.16. The number of carbonyl (C=O) groups excluding carboxylic acids is 1. The van der Waals surface area contributed by atoms with Gasteiger partial charge in [0.15, 0.2) is 11.4 Å². The summed E-state index contributed by atoms with van der Waals surface area (Å²) in [6.45, 7) is 2.68. The summed E-state index contributed by atoms with van der Waals surface area (Å²) in [7, 11) is 0. The lowest BCUT2D eigenvalue weighted by atomic mass is 10.0. The van der Waals surface area contributed by atoms with Gasteiger partial charge in [-0.25, -0.2) is 10.4 Å². The first kappa shape index (κ1) is 15.8. The largest absolute Gasteiger partial charge is 0.595 e. The monoisotopic (exact) mass is 297 g/mol. The Bertz CT molecular complexity index is 498. The van der Waals surface area contributed by atoms with Gasteiger partial charge in [0.1, 0.15) is 0 Å². The second kappa shape index (κ2) is 6.48. The van der Waals surface area contributed by atoms with E-state index in [0.717, 1.165) is 19.3 Å². The van der Waals surface area contributed by atoms with Crippen molar-refractivity contribution in [3.8, 4) is 0 Å². The van der Waals surface area contributed by atoms with Crippen LogP contribution in [0.25, 0.3) is 0 Å². The number of likely N-dealkylation sites (tertiary alicyclic amines) is 1. The molecule has 21 heavy (non-hydrogen) atoms. The van der Waals surface area contributed by atoms with Crippen LogP contribution in [0.2, 0.25) is 0 Å². The number of piperidine rings is 1. The third-order valence-electron chi connectivity index (χ3n) is 3.76. The minimum Gasteiger partial charge on any atom is -0.595 e. The molecule has 2 atom stereocenters. The molecule has 0 spiro atoms. The average molecular weight is 297 g/mol. The maximum absolute atomic E-state index is 12.4. The molecule has 1 aromatic carbocycles. The van der Waals surface area contributed by atoms with Gasteiger partial charge in [0, 0.05) is 25.2 Å². The van der Waals surface area contributed by atoms with Crippen molar-refractivity contribution < 1.29 is 25.7 Å². The first-order chi connectivity index (χ1) is 9.91. The molecule has 116 valence electrons. The molecular weight excluding hydrogens is 278 g/mol. The lowest BCUT2D eigenvalue weighted by molar-refractivity contribution is -0.996. The van der Waals surface area contributed by atoms with Crippen LogP contribution in [0.3, 0.4) is 0 Å². The first-order valence-corrected chi connectivity index (χ1v) is 6.82. The van der Waals surface area contributed by atoms with E-state index in [1.54, 1.807) is 4.90 Å². The molecule has 1 fully saturated rings. The van der Waals surface area contributed by atoms with Crippen LogP contribution < -0.4 is 10.5 Å². The van der Waals surface area contributed by atoms with Crippen LogP contribution in [0.1, 0.15) is 35.2 Å². The summed E-state index contributed by atoms with van der Waals surface area (Å²) in [5, 5.41) is 38.3. The Labute approximate surface area is 121 Å². The number of quaternary nitrogens is 2. The van der Waals surface area contributed by atoms with Crippen molar-refractivity contribution in [2.24, 2.45) is 0 Å². The van der Waals surface area contributed by atoms with E-state index >= 15 is 0 Å². The van der Waals surface area contributed by atoms with Crippen LogP contribution >= 0.6 is 0 Å². The highest BCUT2D eigenvalue weighted by atomic mass is 16.8. The van der Waals surface area contributed by atoms with E-state index in [4.69, 9.17) is 0 Å². The minimum atomic E-state index is -1.23. The molecule has 1 heterocycles. The van der Waals surface area contributed by atoms with Gasteiger partial charge >= 0.3 is 0 Å². The molecule has 0 bridgehead atoms. The molecule has 1 aliphatic heterocycles. The summed E-state index contributed by atoms with van der Waals surface area (Å²) in [5.41, 5.74) is -0.00647. The molecule has 8 heteroatoms. The fraction of sp³-hybridized carbons (Fsp3) is 0.462. The molecule has 4 N–H and O–H groups in total. The molecule has 0 aromatic heterocycles. The van der Waals surface area contributed by atoms with Crippen molar-refractivity contribution >= 4 is 17.3 Å². The van der Waals surface area contributed by atoms with E-state index in [9.17, 15) is 25.6 Å². The van der Waals surface area contributed by atoms with E-state index < -0.39 is 10.5 Å². The Morgan fingerprint density at radius 3 is 2.00 bits per heavy atom. The van der Waals surface area contributed by atoms with E-state index in [-0.39, 0.29) is 28.4 Å². The Morgan fingerprint density at radius 2 is 1.57 bits per heavy atom. The lowest BCUT2D eigenvalue weighted by Gasteiger charge is -2.27. The van der Waals surface area contributed by atoms with Crippen molar-refractivity contribution in [2.45, 2.75) is 26.2 Å². The SMILES string of the molecule is Cc1c([NH+]([O-])O)cc(C(=O)N2CCCCC2)cc1[NH+]([O-])O. The zero-order valence-electron chi connectivity index (χ0n) is 11.8. The number of nitrogens with one attached hydrogen (secondary N) is 2. The highest BCUT2D eigenvalue weighted by molar-refractivity contribution is 5.96. The maximum atomic E-state index is 12.4. The molecule has 2 rings (SSSR count). The van der Waals surface area contributed by atoms with Gasteiger partial charge in [0.05, 0.1) is 11.1 Å². The second-order valence-corrected chi connectivity index (χ2v) is 5.16. The van der Waals surface area contributed by atoms with Gasteiger partial charge in [-0.1, -0.05) is 0 Å². The molecule has 1 amide bonds. The number of nitrogens with zero attached hydrogens (tertiary/aromatic N) is 1. The summed E-state index contributed by atoms with van der Waals surface area (Å²) >= 11 is 0. The number of hydrogen-bond donors (Lipinski definition) is 4. The summed E-state index contributed by atoms with van der Waals surface area (Å²) in [5.74, 6) is -0.306. The zero-order chi connectivity index (χ0) is 15.6. The zero-order valence-corrected chi connectivity index (χ0v) is 11.8. The van der Waals surface area contributed by atoms with Crippen molar-refractivity contribution in [2.75, 3.05) is 13.1 Å². The van der Waals surface area contributed by atoms with Gasteiger partial charge in [-0.05, 0) is 26.2 Å². The van der Waals surface area contributed by atoms with Crippen molar-refractivity contribution in [1.82, 2.24) is 4.90 Å². The Kier molecular flexibility index (Phi) is 4.88. The van der Waals surface area contributed by atoms with Crippen LogP contribution in [-0.4, -0.2) is 34.3 Å². The van der Waals surface area contributed by atoms with E-state index in [0.29, 0.717) is 13.1 Å². The highest BCUT2D eigenvalue weighted by Gasteiger charge is 2.24. The fourth-order valence-electron chi connectivity index (χ4n) is 2.56. The summed E-state index contributed by atoms with van der Waals surface area (Å²) < 4.78 is 0. The molecular formula is C13H19N3O5. The third kappa shape index (κ3) is 3.38. The van der Waals surface area contributed by atoms with Gasteiger partial charge in [-0.15, -0.1) is 0 Å². The summed E-state index contributed by atoms with van der Waals surface area (Å²) in [4.78, 5) is 14.0. The average Bonchev–Trinajstić information content (AvgIpc) is 2.47. The van der Waals surface area contributed by atoms with E-state index in [1.165, 1.54) is 19.1 Å². The third-order valence-corrected chi connectivity index (χ3v) is 3.76. The molecule has 2 unspecified atom stereocenters. The van der Waals surface area contributed by atoms with E-state index in [2.05, 4.69) is 0 Å². The van der Waals surface area contributed by atoms with Crippen LogP contribution in [0.15, 0.2) is 12.1 Å². The van der Waals surface area contributed by atoms with Crippen molar-refractivity contribution in [3.05, 3.63) is 33.7 Å². The number of benzene rings is 1. The molecule has 1 aromatic rings. The predicted octanol–water partition coefficient (Wildman–Crippen LogP) is -0.572. The summed E-state index contributed by atoms with van der Waals surface area (Å²) in [6.07, 6.45) is 2.89. The lowest BCUT2D eigenvalue weighted by Crippen LogP contribution is -3.01. The van der Waals surface area contributed by atoms with Crippen LogP contribution in [0, 0.1) is 17.3 Å². The van der Waals surface area contributed by atoms with Gasteiger partial charge in [-0.3, -0.25) is 4.79 Å². The Balaban J connectivity index is 2.40. The van der Waals surface area contributed by atoms with Gasteiger partial charge in [0.2, 0.25) is 0 Å². The van der Waals surface area contributed by atoms with Crippen LogP contribution in [0.5, 0.6) is 0 Å². The molecule has 0 radical (unpaired) electrons. The fourth-order valence-corrected chi connectivity index (χ4v) is 2.56. The van der Waals surface area contributed by atoms with E-state index in [1.807, 2.05) is 0 Å². The maximum Gasteiger partial charge on any atom is 0.254 e. The van der Waals surface area contributed by atoms with Crippen molar-refractivity contribution in [1.29, 1.82) is 0 Å². The van der Waals surface area contributed by atoms with Crippen LogP contribution in [-0.2, 0) is 0 Å². The standard InChI is InChI=1S/C13H19N3O5/c1-9-11(15(18)19)7-10(8-12(9)16(20)21)13(17)14-5-3-2-4-6-14/h7-8,15-16,18,20H,2-6H2,1H3. The molecule has 1 saturated heterocycles. The Morgan fingerprint density at radius 1 is 1.10 bits per heavy atom.